The molecule has 1 aliphatic rings. The van der Waals surface area contributed by atoms with Crippen LogP contribution in [0, 0.1) is 19.3 Å². The Bertz CT molecular complexity index is 371. The quantitative estimate of drug-likeness (QED) is 0.791. The van der Waals surface area contributed by atoms with E-state index in [4.69, 9.17) is 5.73 Å². The lowest BCUT2D eigenvalue weighted by Gasteiger charge is -2.15. The van der Waals surface area contributed by atoms with Crippen LogP contribution in [-0.2, 0) is 0 Å². The van der Waals surface area contributed by atoms with Crippen LogP contribution in [0.25, 0.3) is 0 Å². The van der Waals surface area contributed by atoms with Crippen molar-refractivity contribution < 1.29 is 0 Å². The van der Waals surface area contributed by atoms with Crippen LogP contribution in [0.15, 0.2) is 6.20 Å². The molecule has 4 nitrogen and oxygen atoms in total. The van der Waals surface area contributed by atoms with Gasteiger partial charge in [-0.05, 0) is 45.1 Å². The molecule has 16 heavy (non-hydrogen) atoms. The van der Waals surface area contributed by atoms with Crippen molar-refractivity contribution in [2.75, 3.05) is 18.4 Å². The number of nitrogens with two attached hydrogens (primary N) is 1. The molecule has 1 saturated carbocycles. The Kier molecular flexibility index (Phi) is 3.10. The molecule has 0 unspecified atom stereocenters. The Morgan fingerprint density at radius 1 is 1.38 bits per heavy atom. The molecule has 0 aromatic carbocycles. The predicted octanol–water partition coefficient (Wildman–Crippen LogP) is 1.63. The average molecular weight is 220 g/mol. The topological polar surface area (TPSA) is 63.8 Å². The van der Waals surface area contributed by atoms with E-state index < -0.39 is 0 Å². The summed E-state index contributed by atoms with van der Waals surface area (Å²) < 4.78 is 0. The second-order valence-electron chi connectivity index (χ2n) is 4.82. The molecule has 0 spiro atoms. The van der Waals surface area contributed by atoms with Crippen LogP contribution in [0.3, 0.4) is 0 Å². The second-order valence-corrected chi connectivity index (χ2v) is 4.82. The van der Waals surface area contributed by atoms with Gasteiger partial charge in [-0.2, -0.15) is 0 Å². The van der Waals surface area contributed by atoms with E-state index in [0.29, 0.717) is 5.41 Å². The van der Waals surface area contributed by atoms with Crippen molar-refractivity contribution in [2.45, 2.75) is 33.1 Å². The summed E-state index contributed by atoms with van der Waals surface area (Å²) in [5.41, 5.74) is 8.04. The number of hydrogen-bond donors (Lipinski definition) is 2. The molecule has 0 atom stereocenters. The monoisotopic (exact) mass is 220 g/mol. The molecule has 0 saturated heterocycles. The number of anilines is 1. The van der Waals surface area contributed by atoms with E-state index in [2.05, 4.69) is 15.3 Å². The van der Waals surface area contributed by atoms with Crippen molar-refractivity contribution in [1.29, 1.82) is 0 Å². The van der Waals surface area contributed by atoms with Crippen LogP contribution < -0.4 is 11.1 Å². The zero-order chi connectivity index (χ0) is 11.6. The van der Waals surface area contributed by atoms with Gasteiger partial charge in [-0.1, -0.05) is 0 Å². The van der Waals surface area contributed by atoms with Crippen LogP contribution in [0.1, 0.15) is 30.7 Å². The van der Waals surface area contributed by atoms with Gasteiger partial charge < -0.3 is 11.1 Å². The smallest absolute Gasteiger partial charge is 0.144 e. The van der Waals surface area contributed by atoms with Crippen molar-refractivity contribution in [3.8, 4) is 0 Å². The van der Waals surface area contributed by atoms with Gasteiger partial charge in [0.15, 0.2) is 0 Å². The predicted molar refractivity (Wildman–Crippen MR) is 65.3 cm³/mol. The summed E-state index contributed by atoms with van der Waals surface area (Å²) in [7, 11) is 0. The molecule has 0 amide bonds. The van der Waals surface area contributed by atoms with E-state index in [9.17, 15) is 0 Å². The summed E-state index contributed by atoms with van der Waals surface area (Å²) in [5.74, 6) is 0.881. The van der Waals surface area contributed by atoms with Crippen molar-refractivity contribution in [1.82, 2.24) is 9.97 Å². The third kappa shape index (κ3) is 2.50. The molecule has 3 N–H and O–H groups in total. The van der Waals surface area contributed by atoms with E-state index in [1.165, 1.54) is 12.8 Å². The van der Waals surface area contributed by atoms with Crippen molar-refractivity contribution in [2.24, 2.45) is 11.1 Å². The van der Waals surface area contributed by atoms with Crippen LogP contribution in [0.4, 0.5) is 5.82 Å². The molecule has 0 radical (unpaired) electrons. The first-order valence-electron chi connectivity index (χ1n) is 5.89. The van der Waals surface area contributed by atoms with E-state index in [0.717, 1.165) is 36.7 Å². The number of aryl methyl sites for hydroxylation is 2. The minimum absolute atomic E-state index is 0.440. The van der Waals surface area contributed by atoms with Gasteiger partial charge in [-0.3, -0.25) is 4.98 Å². The second kappa shape index (κ2) is 4.37. The fraction of sp³-hybridized carbons (Fsp3) is 0.667. The van der Waals surface area contributed by atoms with Gasteiger partial charge in [0.05, 0.1) is 17.6 Å². The first-order valence-corrected chi connectivity index (χ1v) is 5.89. The van der Waals surface area contributed by atoms with Gasteiger partial charge in [-0.25, -0.2) is 4.98 Å². The number of nitrogens with one attached hydrogen (secondary N) is 1. The van der Waals surface area contributed by atoms with Gasteiger partial charge in [0.2, 0.25) is 0 Å². The highest BCUT2D eigenvalue weighted by Crippen LogP contribution is 2.48. The molecule has 88 valence electrons. The van der Waals surface area contributed by atoms with E-state index >= 15 is 0 Å². The third-order valence-electron chi connectivity index (χ3n) is 3.47. The molecule has 4 heteroatoms. The lowest BCUT2D eigenvalue weighted by Crippen LogP contribution is -2.19. The van der Waals surface area contributed by atoms with Crippen molar-refractivity contribution >= 4 is 5.82 Å². The van der Waals surface area contributed by atoms with Crippen molar-refractivity contribution in [3.63, 3.8) is 0 Å². The maximum absolute atomic E-state index is 5.61. The Balaban J connectivity index is 1.92. The summed E-state index contributed by atoms with van der Waals surface area (Å²) in [6.45, 7) is 5.71. The maximum Gasteiger partial charge on any atom is 0.144 e. The molecule has 2 rings (SSSR count). The fourth-order valence-corrected chi connectivity index (χ4v) is 1.90. The number of rotatable bonds is 5. The Hall–Kier alpha value is -1.16. The van der Waals surface area contributed by atoms with Gasteiger partial charge in [-0.15, -0.1) is 0 Å². The molecule has 1 heterocycles. The summed E-state index contributed by atoms with van der Waals surface area (Å²) in [5, 5.41) is 3.37. The minimum atomic E-state index is 0.440. The number of hydrogen-bond acceptors (Lipinski definition) is 4. The summed E-state index contributed by atoms with van der Waals surface area (Å²) in [4.78, 5) is 8.75. The van der Waals surface area contributed by atoms with Gasteiger partial charge in [0, 0.05) is 6.54 Å². The zero-order valence-corrected chi connectivity index (χ0v) is 10.1. The lowest BCUT2D eigenvalue weighted by atomic mass is 10.0. The summed E-state index contributed by atoms with van der Waals surface area (Å²) in [6.07, 6.45) is 5.49. The fourth-order valence-electron chi connectivity index (χ4n) is 1.90. The summed E-state index contributed by atoms with van der Waals surface area (Å²) in [6, 6.07) is 0. The van der Waals surface area contributed by atoms with Crippen LogP contribution in [0.2, 0.25) is 0 Å². The Morgan fingerprint density at radius 3 is 2.69 bits per heavy atom. The SMILES string of the molecule is Cc1ncc(NCC2(CCN)CC2)nc1C. The van der Waals surface area contributed by atoms with Crippen LogP contribution >= 0.6 is 0 Å². The molecule has 1 aliphatic carbocycles. The normalized spacial score (nSPS) is 17.2. The standard InChI is InChI=1S/C12H20N4/c1-9-10(2)16-11(7-14-9)15-8-12(3-4-12)5-6-13/h7H,3-6,8,13H2,1-2H3,(H,15,16). The lowest BCUT2D eigenvalue weighted by molar-refractivity contribution is 0.500. The number of aromatic nitrogens is 2. The van der Waals surface area contributed by atoms with Crippen LogP contribution in [-0.4, -0.2) is 23.1 Å². The first-order chi connectivity index (χ1) is 7.65. The molecular weight excluding hydrogens is 200 g/mol. The first kappa shape index (κ1) is 11.3. The largest absolute Gasteiger partial charge is 0.368 e. The maximum atomic E-state index is 5.61. The summed E-state index contributed by atoms with van der Waals surface area (Å²) >= 11 is 0. The van der Waals surface area contributed by atoms with Crippen molar-refractivity contribution in [3.05, 3.63) is 17.6 Å². The Morgan fingerprint density at radius 2 is 2.12 bits per heavy atom. The number of nitrogens with zero attached hydrogens (tertiary/aromatic N) is 2. The highest BCUT2D eigenvalue weighted by molar-refractivity contribution is 5.34. The molecule has 0 bridgehead atoms. The average Bonchev–Trinajstić information content (AvgIpc) is 3.01. The van der Waals surface area contributed by atoms with E-state index in [1.54, 1.807) is 6.20 Å². The molecule has 1 aromatic heterocycles. The van der Waals surface area contributed by atoms with Gasteiger partial charge in [0.1, 0.15) is 5.82 Å². The Labute approximate surface area is 96.7 Å². The molecule has 1 aromatic rings. The zero-order valence-electron chi connectivity index (χ0n) is 10.1. The molecular formula is C12H20N4. The highest BCUT2D eigenvalue weighted by atomic mass is 15.0. The third-order valence-corrected chi connectivity index (χ3v) is 3.47. The van der Waals surface area contributed by atoms with E-state index in [-0.39, 0.29) is 0 Å². The molecule has 0 aliphatic heterocycles. The highest BCUT2D eigenvalue weighted by Gasteiger charge is 2.41. The van der Waals surface area contributed by atoms with Crippen LogP contribution in [0.5, 0.6) is 0 Å². The van der Waals surface area contributed by atoms with Gasteiger partial charge >= 0.3 is 0 Å². The van der Waals surface area contributed by atoms with Gasteiger partial charge in [0.25, 0.3) is 0 Å². The minimum Gasteiger partial charge on any atom is -0.368 e. The van der Waals surface area contributed by atoms with E-state index in [1.807, 2.05) is 13.8 Å². The molecule has 1 fully saturated rings.